The molecule has 0 saturated heterocycles. The number of esters is 1. The smallest absolute Gasteiger partial charge is 0.302 e. The lowest BCUT2D eigenvalue weighted by molar-refractivity contribution is -0.155. The Morgan fingerprint density at radius 1 is 0.765 bits per heavy atom. The minimum absolute atomic E-state index is 0.00360. The number of aliphatic hydroxyl groups excluding tert-OH is 1. The molecule has 4 aliphatic rings. The number of aliphatic imine (C=N–C) groups is 2. The van der Waals surface area contributed by atoms with E-state index in [1.54, 1.807) is 0 Å². The van der Waals surface area contributed by atoms with Crippen molar-refractivity contribution in [1.82, 2.24) is 9.80 Å². The van der Waals surface area contributed by atoms with Crippen molar-refractivity contribution in [3.63, 3.8) is 0 Å². The van der Waals surface area contributed by atoms with Gasteiger partial charge >= 0.3 is 5.97 Å². The van der Waals surface area contributed by atoms with Crippen LogP contribution < -0.4 is 0 Å². The van der Waals surface area contributed by atoms with Gasteiger partial charge in [-0.25, -0.2) is 9.98 Å². The Bertz CT molecular complexity index is 1470. The highest BCUT2D eigenvalue weighted by molar-refractivity contribution is 5.76. The maximum absolute atomic E-state index is 11.5. The third-order valence-corrected chi connectivity index (χ3v) is 10.8. The second-order valence-corrected chi connectivity index (χ2v) is 15.0. The molecule has 2 aromatic rings. The Morgan fingerprint density at radius 3 is 1.57 bits per heavy atom. The van der Waals surface area contributed by atoms with Crippen LogP contribution in [0.1, 0.15) is 58.6 Å². The first-order chi connectivity index (χ1) is 24.3. The van der Waals surface area contributed by atoms with Crippen LogP contribution in [0, 0.1) is 23.7 Å². The van der Waals surface area contributed by atoms with Gasteiger partial charge in [-0.05, 0) is 55.6 Å². The van der Waals surface area contributed by atoms with Crippen LogP contribution in [0.15, 0.2) is 70.6 Å². The number of carbonyl (C=O) groups is 1. The summed E-state index contributed by atoms with van der Waals surface area (Å²) < 4.78 is 30.3. The average molecular weight is 707 g/mol. The van der Waals surface area contributed by atoms with E-state index in [1.165, 1.54) is 6.92 Å². The highest BCUT2D eigenvalue weighted by Crippen LogP contribution is 2.42. The molecule has 2 aliphatic carbocycles. The molecule has 0 radical (unpaired) electrons. The largest absolute Gasteiger partial charge is 0.463 e. The van der Waals surface area contributed by atoms with E-state index in [-0.39, 0.29) is 78.3 Å². The van der Waals surface area contributed by atoms with Crippen LogP contribution in [0.4, 0.5) is 0 Å². The SMILES string of the molecule is CC(=O)OC(C)[C@H]1C[C@@H]2OC(N(C)C)=N[C@@H]2[C@@H](OCc2ccccc2)[C@@H]1C.CC(O)[C@H]1C[C@@H]2OC(N(C)C)=N[C@@H]2[C@@H](OCc2ccccc2)[C@@H]1C. The van der Waals surface area contributed by atoms with Crippen molar-refractivity contribution in [1.29, 1.82) is 0 Å². The van der Waals surface area contributed by atoms with E-state index in [0.717, 1.165) is 24.0 Å². The van der Waals surface area contributed by atoms with Crippen LogP contribution in [0.5, 0.6) is 0 Å². The molecule has 2 aliphatic heterocycles. The number of fused-ring (bicyclic) bond motifs is 2. The van der Waals surface area contributed by atoms with Gasteiger partial charge in [-0.3, -0.25) is 4.79 Å². The summed E-state index contributed by atoms with van der Waals surface area (Å²) in [5.41, 5.74) is 2.28. The molecule has 280 valence electrons. The van der Waals surface area contributed by atoms with Crippen LogP contribution >= 0.6 is 0 Å². The molecule has 1 N–H and O–H groups in total. The van der Waals surface area contributed by atoms with Gasteiger partial charge in [-0.1, -0.05) is 74.5 Å². The van der Waals surface area contributed by atoms with Gasteiger partial charge in [0.2, 0.25) is 0 Å². The van der Waals surface area contributed by atoms with Crippen molar-refractivity contribution < 1.29 is 33.6 Å². The minimum atomic E-state index is -0.379. The maximum Gasteiger partial charge on any atom is 0.302 e. The summed E-state index contributed by atoms with van der Waals surface area (Å²) in [6.45, 7) is 10.7. The average Bonchev–Trinajstić information content (AvgIpc) is 3.73. The number of hydrogen-bond donors (Lipinski definition) is 1. The number of benzene rings is 2. The van der Waals surface area contributed by atoms with E-state index < -0.39 is 0 Å². The predicted molar refractivity (Wildman–Crippen MR) is 197 cm³/mol. The van der Waals surface area contributed by atoms with Gasteiger partial charge < -0.3 is 38.6 Å². The molecular weight excluding hydrogens is 648 g/mol. The van der Waals surface area contributed by atoms with Crippen molar-refractivity contribution in [2.75, 3.05) is 28.2 Å². The zero-order chi connectivity index (χ0) is 36.8. The van der Waals surface area contributed by atoms with Gasteiger partial charge in [0.15, 0.2) is 0 Å². The van der Waals surface area contributed by atoms with Gasteiger partial charge in [0.05, 0.1) is 31.5 Å². The monoisotopic (exact) mass is 706 g/mol. The zero-order valence-corrected chi connectivity index (χ0v) is 31.7. The fourth-order valence-electron chi connectivity index (χ4n) is 7.99. The van der Waals surface area contributed by atoms with Gasteiger partial charge in [-0.15, -0.1) is 0 Å². The molecule has 0 spiro atoms. The molecule has 2 heterocycles. The Balaban J connectivity index is 0.000000199. The van der Waals surface area contributed by atoms with Gasteiger partial charge in [-0.2, -0.15) is 0 Å². The van der Waals surface area contributed by atoms with Crippen LogP contribution in [-0.4, -0.2) is 110 Å². The Morgan fingerprint density at radius 2 is 1.18 bits per heavy atom. The minimum Gasteiger partial charge on any atom is -0.463 e. The quantitative estimate of drug-likeness (QED) is 0.354. The first kappa shape index (κ1) is 38.6. The van der Waals surface area contributed by atoms with E-state index in [1.807, 2.05) is 88.2 Å². The molecule has 12 atom stereocenters. The molecule has 2 fully saturated rings. The standard InChI is InChI=1S/C21H30N2O4.C19H28N2O3/c1-13-17(14(2)26-15(3)24)11-18-19(22-21(27-18)23(4)5)20(13)25-12-16-9-7-6-8-10-16;1-12-15(13(2)22)10-16-17(20-19(24-16)21(3)4)18(12)23-11-14-8-6-5-7-9-14/h6-10,13-14,17-20H,11-12H2,1-5H3;5-9,12-13,15-18,22H,10-11H2,1-4H3/t13-,14?,17+,18+,19+,20+;12-,13?,15+,16+,17+,18+/m11/s1. The van der Waals surface area contributed by atoms with Crippen molar-refractivity contribution in [3.05, 3.63) is 71.8 Å². The van der Waals surface area contributed by atoms with E-state index >= 15 is 0 Å². The zero-order valence-electron chi connectivity index (χ0n) is 31.7. The number of ether oxygens (including phenoxy) is 5. The fourth-order valence-corrected chi connectivity index (χ4v) is 7.99. The number of aliphatic hydroxyl groups is 1. The van der Waals surface area contributed by atoms with Crippen LogP contribution in [0.25, 0.3) is 0 Å². The van der Waals surface area contributed by atoms with Gasteiger partial charge in [0, 0.05) is 41.0 Å². The van der Waals surface area contributed by atoms with Crippen LogP contribution in [0.3, 0.4) is 0 Å². The number of hydrogen-bond acceptors (Lipinski definition) is 11. The number of carbonyl (C=O) groups excluding carboxylic acids is 1. The summed E-state index contributed by atoms with van der Waals surface area (Å²) in [5, 5.41) is 10.2. The first-order valence-corrected chi connectivity index (χ1v) is 18.3. The molecule has 11 nitrogen and oxygen atoms in total. The lowest BCUT2D eigenvalue weighted by Gasteiger charge is -2.43. The fraction of sp³-hybridized carbons (Fsp3) is 0.625. The summed E-state index contributed by atoms with van der Waals surface area (Å²) in [7, 11) is 7.73. The molecule has 2 unspecified atom stereocenters. The topological polar surface area (TPSA) is 115 Å². The third-order valence-electron chi connectivity index (χ3n) is 10.8. The highest BCUT2D eigenvalue weighted by atomic mass is 16.5. The summed E-state index contributed by atoms with van der Waals surface area (Å²) >= 11 is 0. The van der Waals surface area contributed by atoms with Gasteiger partial charge in [0.1, 0.15) is 30.4 Å². The molecule has 2 aromatic carbocycles. The van der Waals surface area contributed by atoms with E-state index in [0.29, 0.717) is 25.3 Å². The molecule has 2 saturated carbocycles. The van der Waals surface area contributed by atoms with Crippen LogP contribution in [-0.2, 0) is 41.7 Å². The molecule has 11 heteroatoms. The molecule has 0 aromatic heterocycles. The van der Waals surface area contributed by atoms with Crippen LogP contribution in [0.2, 0.25) is 0 Å². The molecule has 51 heavy (non-hydrogen) atoms. The second-order valence-electron chi connectivity index (χ2n) is 15.0. The van der Waals surface area contributed by atoms with Crippen molar-refractivity contribution in [2.45, 2.75) is 109 Å². The third kappa shape index (κ3) is 9.42. The van der Waals surface area contributed by atoms with E-state index in [2.05, 4.69) is 38.1 Å². The Hall–Kier alpha value is -3.67. The molecule has 0 bridgehead atoms. The lowest BCUT2D eigenvalue weighted by Crippen LogP contribution is -2.51. The number of rotatable bonds is 9. The van der Waals surface area contributed by atoms with E-state index in [9.17, 15) is 9.90 Å². The van der Waals surface area contributed by atoms with Crippen molar-refractivity contribution in [2.24, 2.45) is 33.7 Å². The predicted octanol–water partition coefficient (Wildman–Crippen LogP) is 5.16. The summed E-state index contributed by atoms with van der Waals surface area (Å²) in [6, 6.07) is 21.6. The lowest BCUT2D eigenvalue weighted by atomic mass is 9.72. The molecule has 6 rings (SSSR count). The van der Waals surface area contributed by atoms with E-state index in [4.69, 9.17) is 33.7 Å². The summed E-state index contributed by atoms with van der Waals surface area (Å²) in [6.07, 6.45) is 0.831. The second kappa shape index (κ2) is 17.2. The van der Waals surface area contributed by atoms with Crippen molar-refractivity contribution >= 4 is 18.0 Å². The molecule has 0 amide bonds. The summed E-state index contributed by atoms with van der Waals surface area (Å²) in [4.78, 5) is 24.8. The summed E-state index contributed by atoms with van der Waals surface area (Å²) in [5.74, 6) is 0.481. The maximum atomic E-state index is 11.5. The van der Waals surface area contributed by atoms with Gasteiger partial charge in [0.25, 0.3) is 12.0 Å². The Kier molecular flexibility index (Phi) is 13.0. The Labute approximate surface area is 304 Å². The number of nitrogens with zero attached hydrogens (tertiary/aromatic N) is 4. The first-order valence-electron chi connectivity index (χ1n) is 18.3. The normalized spacial score (nSPS) is 32.0. The molecular formula is C40H58N4O7. The highest BCUT2D eigenvalue weighted by Gasteiger charge is 2.51. The number of amidine groups is 2. The van der Waals surface area contributed by atoms with Crippen molar-refractivity contribution in [3.8, 4) is 0 Å².